The van der Waals surface area contributed by atoms with E-state index in [1.807, 2.05) is 19.9 Å². The van der Waals surface area contributed by atoms with Crippen LogP contribution in [-0.2, 0) is 14.8 Å². The van der Waals surface area contributed by atoms with Crippen molar-refractivity contribution in [1.29, 1.82) is 0 Å². The van der Waals surface area contributed by atoms with Gasteiger partial charge in [0.05, 0.1) is 23.2 Å². The highest BCUT2D eigenvalue weighted by Crippen LogP contribution is 2.27. The van der Waals surface area contributed by atoms with E-state index < -0.39 is 22.0 Å². The Morgan fingerprint density at radius 1 is 1.06 bits per heavy atom. The summed E-state index contributed by atoms with van der Waals surface area (Å²) in [7, 11) is -3.74. The Labute approximate surface area is 190 Å². The first-order valence-electron chi connectivity index (χ1n) is 10.9. The van der Waals surface area contributed by atoms with Crippen LogP contribution >= 0.6 is 0 Å². The zero-order valence-electron chi connectivity index (χ0n) is 19.1. The van der Waals surface area contributed by atoms with Gasteiger partial charge in [-0.3, -0.25) is 13.9 Å². The Morgan fingerprint density at radius 2 is 1.72 bits per heavy atom. The number of hydrogen-bond acceptors (Lipinski definition) is 4. The smallest absolute Gasteiger partial charge is 0.255 e. The van der Waals surface area contributed by atoms with Crippen LogP contribution in [-0.4, -0.2) is 50.5 Å². The molecule has 0 aliphatic carbocycles. The maximum Gasteiger partial charge on any atom is 0.255 e. The van der Waals surface area contributed by atoms with Gasteiger partial charge in [0.1, 0.15) is 6.04 Å². The van der Waals surface area contributed by atoms with Crippen molar-refractivity contribution in [2.75, 3.05) is 29.0 Å². The number of benzene rings is 2. The minimum atomic E-state index is -3.74. The first-order valence-corrected chi connectivity index (χ1v) is 12.7. The SMILES string of the molecule is CC[C@H](C(=O)Nc1ccccc1C(=O)N1CCCC1)N(c1ccc(C)c(C)c1)S(C)(=O)=O. The number of rotatable bonds is 7. The van der Waals surface area contributed by atoms with Crippen molar-refractivity contribution in [2.45, 2.75) is 46.1 Å². The van der Waals surface area contributed by atoms with E-state index in [-0.39, 0.29) is 12.3 Å². The van der Waals surface area contributed by atoms with E-state index in [9.17, 15) is 18.0 Å². The van der Waals surface area contributed by atoms with Gasteiger partial charge in [0, 0.05) is 13.1 Å². The zero-order chi connectivity index (χ0) is 23.5. The monoisotopic (exact) mass is 457 g/mol. The molecule has 1 atom stereocenters. The van der Waals surface area contributed by atoms with Crippen molar-refractivity contribution in [1.82, 2.24) is 4.90 Å². The molecule has 2 aromatic carbocycles. The summed E-state index contributed by atoms with van der Waals surface area (Å²) in [6, 6.07) is 11.2. The number of likely N-dealkylation sites (tertiary alicyclic amines) is 1. The fourth-order valence-electron chi connectivity index (χ4n) is 4.01. The maximum atomic E-state index is 13.3. The van der Waals surface area contributed by atoms with Gasteiger partial charge < -0.3 is 10.2 Å². The molecule has 1 fully saturated rings. The molecule has 7 nitrogen and oxygen atoms in total. The summed E-state index contributed by atoms with van der Waals surface area (Å²) in [6.45, 7) is 7.02. The molecule has 0 bridgehead atoms. The van der Waals surface area contributed by atoms with Crippen molar-refractivity contribution >= 4 is 33.2 Å². The minimum absolute atomic E-state index is 0.124. The average molecular weight is 458 g/mol. The van der Waals surface area contributed by atoms with Crippen LogP contribution in [0, 0.1) is 13.8 Å². The molecule has 2 aromatic rings. The fourth-order valence-corrected chi connectivity index (χ4v) is 5.21. The molecule has 32 heavy (non-hydrogen) atoms. The highest BCUT2D eigenvalue weighted by molar-refractivity contribution is 7.92. The van der Waals surface area contributed by atoms with Crippen LogP contribution in [0.3, 0.4) is 0 Å². The lowest BCUT2D eigenvalue weighted by Crippen LogP contribution is -2.47. The molecule has 1 saturated heterocycles. The van der Waals surface area contributed by atoms with Gasteiger partial charge in [-0.25, -0.2) is 8.42 Å². The van der Waals surface area contributed by atoms with Crippen LogP contribution in [0.25, 0.3) is 0 Å². The highest BCUT2D eigenvalue weighted by Gasteiger charge is 2.32. The highest BCUT2D eigenvalue weighted by atomic mass is 32.2. The lowest BCUT2D eigenvalue weighted by atomic mass is 10.1. The van der Waals surface area contributed by atoms with Crippen LogP contribution in [0.2, 0.25) is 0 Å². The van der Waals surface area contributed by atoms with Crippen molar-refractivity contribution in [3.63, 3.8) is 0 Å². The van der Waals surface area contributed by atoms with Crippen LogP contribution < -0.4 is 9.62 Å². The van der Waals surface area contributed by atoms with Crippen LogP contribution in [0.1, 0.15) is 47.7 Å². The third-order valence-electron chi connectivity index (χ3n) is 5.88. The van der Waals surface area contributed by atoms with E-state index >= 15 is 0 Å². The van der Waals surface area contributed by atoms with Gasteiger partial charge in [-0.1, -0.05) is 25.1 Å². The van der Waals surface area contributed by atoms with E-state index in [4.69, 9.17) is 0 Å². The molecule has 172 valence electrons. The van der Waals surface area contributed by atoms with E-state index in [2.05, 4.69) is 5.32 Å². The molecule has 3 rings (SSSR count). The van der Waals surface area contributed by atoms with Crippen LogP contribution in [0.15, 0.2) is 42.5 Å². The molecule has 1 aliphatic rings. The molecule has 8 heteroatoms. The number of para-hydroxylation sites is 1. The molecule has 2 amide bonds. The second-order valence-corrected chi connectivity index (χ2v) is 10.1. The topological polar surface area (TPSA) is 86.8 Å². The third kappa shape index (κ3) is 5.12. The van der Waals surface area contributed by atoms with Crippen molar-refractivity contribution in [3.8, 4) is 0 Å². The molecule has 0 radical (unpaired) electrons. The van der Waals surface area contributed by atoms with E-state index in [1.54, 1.807) is 48.2 Å². The number of carbonyl (C=O) groups is 2. The van der Waals surface area contributed by atoms with Gasteiger partial charge in [-0.05, 0) is 68.5 Å². The minimum Gasteiger partial charge on any atom is -0.339 e. The lowest BCUT2D eigenvalue weighted by Gasteiger charge is -2.30. The van der Waals surface area contributed by atoms with Gasteiger partial charge in [-0.15, -0.1) is 0 Å². The quantitative estimate of drug-likeness (QED) is 0.686. The zero-order valence-corrected chi connectivity index (χ0v) is 19.9. The Bertz CT molecular complexity index is 1110. The van der Waals surface area contributed by atoms with Gasteiger partial charge in [-0.2, -0.15) is 0 Å². The van der Waals surface area contributed by atoms with Gasteiger partial charge >= 0.3 is 0 Å². The molecule has 0 aromatic heterocycles. The van der Waals surface area contributed by atoms with E-state index in [1.165, 1.54) is 4.31 Å². The normalized spacial score (nSPS) is 14.8. The summed E-state index contributed by atoms with van der Waals surface area (Å²) in [5.41, 5.74) is 3.22. The van der Waals surface area contributed by atoms with E-state index in [0.717, 1.165) is 30.2 Å². The second kappa shape index (κ2) is 9.73. The number of hydrogen-bond donors (Lipinski definition) is 1. The standard InChI is InChI=1S/C24H31N3O4S/c1-5-22(27(32(4,30)31)19-13-12-17(2)18(3)16-19)23(28)25-21-11-7-6-10-20(21)24(29)26-14-8-9-15-26/h6-7,10-13,16,22H,5,8-9,14-15H2,1-4H3,(H,25,28)/t22-/m1/s1. The number of aryl methyl sites for hydroxylation is 2. The summed E-state index contributed by atoms with van der Waals surface area (Å²) in [5.74, 6) is -0.599. The molecule has 0 spiro atoms. The molecular formula is C24H31N3O4S. The summed E-state index contributed by atoms with van der Waals surface area (Å²) in [5, 5.41) is 2.82. The van der Waals surface area contributed by atoms with Crippen molar-refractivity contribution in [3.05, 3.63) is 59.2 Å². The third-order valence-corrected chi connectivity index (χ3v) is 7.06. The molecule has 1 heterocycles. The first kappa shape index (κ1) is 23.8. The van der Waals surface area contributed by atoms with Gasteiger partial charge in [0.15, 0.2) is 0 Å². The van der Waals surface area contributed by atoms with Crippen LogP contribution in [0.5, 0.6) is 0 Å². The Morgan fingerprint density at radius 3 is 2.31 bits per heavy atom. The van der Waals surface area contributed by atoms with Gasteiger partial charge in [0.25, 0.3) is 5.91 Å². The number of amides is 2. The predicted octanol–water partition coefficient (Wildman–Crippen LogP) is 3.72. The number of nitrogens with one attached hydrogen (secondary N) is 1. The fraction of sp³-hybridized carbons (Fsp3) is 0.417. The molecule has 0 unspecified atom stereocenters. The van der Waals surface area contributed by atoms with Crippen LogP contribution in [0.4, 0.5) is 11.4 Å². The summed E-state index contributed by atoms with van der Waals surface area (Å²) >= 11 is 0. The Kier molecular flexibility index (Phi) is 7.23. The number of nitrogens with zero attached hydrogens (tertiary/aromatic N) is 2. The predicted molar refractivity (Wildman–Crippen MR) is 128 cm³/mol. The maximum absolute atomic E-state index is 13.3. The molecule has 0 saturated carbocycles. The summed E-state index contributed by atoms with van der Waals surface area (Å²) < 4.78 is 26.6. The summed E-state index contributed by atoms with van der Waals surface area (Å²) in [6.07, 6.45) is 3.31. The van der Waals surface area contributed by atoms with Crippen molar-refractivity contribution in [2.24, 2.45) is 0 Å². The second-order valence-electron chi connectivity index (χ2n) is 8.29. The Hall–Kier alpha value is -2.87. The average Bonchev–Trinajstić information content (AvgIpc) is 3.28. The Balaban J connectivity index is 1.92. The molecule has 1 aliphatic heterocycles. The van der Waals surface area contributed by atoms with Gasteiger partial charge in [0.2, 0.25) is 15.9 Å². The molecule has 1 N–H and O–H groups in total. The molecular weight excluding hydrogens is 426 g/mol. The van der Waals surface area contributed by atoms with E-state index in [0.29, 0.717) is 30.0 Å². The first-order chi connectivity index (χ1) is 15.1. The largest absolute Gasteiger partial charge is 0.339 e. The van der Waals surface area contributed by atoms with Crippen molar-refractivity contribution < 1.29 is 18.0 Å². The number of anilines is 2. The lowest BCUT2D eigenvalue weighted by molar-refractivity contribution is -0.117. The summed E-state index contributed by atoms with van der Waals surface area (Å²) in [4.78, 5) is 28.0. The number of carbonyl (C=O) groups excluding carboxylic acids is 2. The number of sulfonamides is 1.